The average molecular weight is 250 g/mol. The minimum Gasteiger partial charge on any atom is -0.393 e. The highest BCUT2D eigenvalue weighted by Gasteiger charge is 2.40. The van der Waals surface area contributed by atoms with E-state index in [1.807, 2.05) is 13.5 Å². The fraction of sp³-hybridized carbons (Fsp3) is 1.00. The number of rotatable bonds is 10. The van der Waals surface area contributed by atoms with Crippen LogP contribution in [0, 0.1) is 0 Å². The van der Waals surface area contributed by atoms with Gasteiger partial charge < -0.3 is 8.85 Å². The minimum atomic E-state index is -2.59. The van der Waals surface area contributed by atoms with Gasteiger partial charge in [0.1, 0.15) is 5.79 Å². The summed E-state index contributed by atoms with van der Waals surface area (Å²) in [5.74, 6) is -0.916. The highest BCUT2D eigenvalue weighted by atomic mass is 28.4. The van der Waals surface area contributed by atoms with Crippen LogP contribution < -0.4 is 0 Å². The van der Waals surface area contributed by atoms with Gasteiger partial charge in [-0.05, 0) is 25.8 Å². The highest BCUT2D eigenvalue weighted by Crippen LogP contribution is 2.19. The first-order valence-corrected chi connectivity index (χ1v) is 8.92. The molecule has 0 spiro atoms. The van der Waals surface area contributed by atoms with Gasteiger partial charge in [-0.25, -0.2) is 4.39 Å². The van der Waals surface area contributed by atoms with E-state index in [9.17, 15) is 4.39 Å². The molecule has 0 N–H and O–H groups in total. The van der Waals surface area contributed by atoms with Crippen molar-refractivity contribution in [1.82, 2.24) is 0 Å². The van der Waals surface area contributed by atoms with E-state index in [1.54, 1.807) is 0 Å². The van der Waals surface area contributed by atoms with Crippen molar-refractivity contribution in [1.29, 1.82) is 0 Å². The smallest absolute Gasteiger partial charge is 0.370 e. The second-order valence-corrected chi connectivity index (χ2v) is 7.53. The topological polar surface area (TPSA) is 18.5 Å². The lowest BCUT2D eigenvalue weighted by Crippen LogP contribution is -2.49. The lowest BCUT2D eigenvalue weighted by molar-refractivity contribution is 0.137. The van der Waals surface area contributed by atoms with Gasteiger partial charge in [0.05, 0.1) is 0 Å². The largest absolute Gasteiger partial charge is 0.393 e. The zero-order chi connectivity index (χ0) is 12.4. The molecule has 0 amide bonds. The van der Waals surface area contributed by atoms with Gasteiger partial charge in [-0.1, -0.05) is 33.6 Å². The summed E-state index contributed by atoms with van der Waals surface area (Å²) in [6, 6.07) is 0. The Labute approximate surface area is 101 Å². The maximum atomic E-state index is 13.8. The number of halogens is 1. The molecule has 0 fully saturated rings. The van der Waals surface area contributed by atoms with Gasteiger partial charge in [0.25, 0.3) is 0 Å². The van der Waals surface area contributed by atoms with Crippen molar-refractivity contribution in [2.45, 2.75) is 65.2 Å². The molecule has 0 radical (unpaired) electrons. The molecule has 0 rings (SSSR count). The van der Waals surface area contributed by atoms with Gasteiger partial charge in [-0.2, -0.15) is 0 Å². The third-order valence-corrected chi connectivity index (χ3v) is 5.80. The molecule has 0 bridgehead atoms. The van der Waals surface area contributed by atoms with Gasteiger partial charge in [-0.15, -0.1) is 0 Å². The SMILES string of the molecule is CCCCO[Si](C)(OCCCC)C(F)CC. The first-order chi connectivity index (χ1) is 7.60. The zero-order valence-corrected chi connectivity index (χ0v) is 12.2. The molecule has 1 unspecified atom stereocenters. The molecule has 0 aliphatic carbocycles. The Morgan fingerprint density at radius 1 is 1.00 bits per heavy atom. The summed E-state index contributed by atoms with van der Waals surface area (Å²) in [4.78, 5) is 0. The van der Waals surface area contributed by atoms with Crippen LogP contribution in [-0.4, -0.2) is 27.6 Å². The van der Waals surface area contributed by atoms with Crippen molar-refractivity contribution in [3.63, 3.8) is 0 Å². The first-order valence-electron chi connectivity index (χ1n) is 6.52. The van der Waals surface area contributed by atoms with E-state index >= 15 is 0 Å². The number of alkyl halides is 1. The lowest BCUT2D eigenvalue weighted by Gasteiger charge is -2.29. The molecule has 0 heterocycles. The van der Waals surface area contributed by atoms with Gasteiger partial charge in [0, 0.05) is 13.2 Å². The molecule has 1 atom stereocenters. The summed E-state index contributed by atoms with van der Waals surface area (Å²) in [5.41, 5.74) is 0. The average Bonchev–Trinajstić information content (AvgIpc) is 2.28. The molecule has 0 aromatic rings. The zero-order valence-electron chi connectivity index (χ0n) is 11.2. The Bertz CT molecular complexity index is 157. The second kappa shape index (κ2) is 9.13. The highest BCUT2D eigenvalue weighted by molar-refractivity contribution is 6.67. The molecule has 0 aliphatic heterocycles. The van der Waals surface area contributed by atoms with E-state index in [0.29, 0.717) is 19.6 Å². The minimum absolute atomic E-state index is 0.487. The predicted molar refractivity (Wildman–Crippen MR) is 68.5 cm³/mol. The van der Waals surface area contributed by atoms with Crippen molar-refractivity contribution in [2.75, 3.05) is 13.2 Å². The van der Waals surface area contributed by atoms with E-state index in [1.165, 1.54) is 0 Å². The van der Waals surface area contributed by atoms with E-state index in [4.69, 9.17) is 8.85 Å². The Hall–Kier alpha value is 0.0669. The van der Waals surface area contributed by atoms with Crippen LogP contribution in [0.5, 0.6) is 0 Å². The summed E-state index contributed by atoms with van der Waals surface area (Å²) in [6.45, 7) is 9.17. The molecule has 2 nitrogen and oxygen atoms in total. The van der Waals surface area contributed by atoms with Crippen LogP contribution in [-0.2, 0) is 8.85 Å². The van der Waals surface area contributed by atoms with E-state index in [0.717, 1.165) is 25.7 Å². The number of hydrogen-bond donors (Lipinski definition) is 0. The Kier molecular flexibility index (Phi) is 9.17. The van der Waals surface area contributed by atoms with E-state index < -0.39 is 14.4 Å². The van der Waals surface area contributed by atoms with Crippen molar-refractivity contribution >= 4 is 8.56 Å². The summed E-state index contributed by atoms with van der Waals surface area (Å²) in [5, 5.41) is 0. The number of hydrogen-bond acceptors (Lipinski definition) is 2. The quantitative estimate of drug-likeness (QED) is 0.431. The molecule has 0 aliphatic rings. The third kappa shape index (κ3) is 5.96. The van der Waals surface area contributed by atoms with E-state index in [2.05, 4.69) is 13.8 Å². The first kappa shape index (κ1) is 16.1. The number of unbranched alkanes of at least 4 members (excludes halogenated alkanes) is 2. The Morgan fingerprint density at radius 2 is 1.44 bits per heavy atom. The van der Waals surface area contributed by atoms with Crippen LogP contribution in [0.2, 0.25) is 6.55 Å². The van der Waals surface area contributed by atoms with Crippen molar-refractivity contribution < 1.29 is 13.2 Å². The summed E-state index contributed by atoms with van der Waals surface area (Å²) in [6.07, 6.45) is 4.60. The van der Waals surface area contributed by atoms with Crippen LogP contribution in [0.4, 0.5) is 4.39 Å². The van der Waals surface area contributed by atoms with Gasteiger partial charge in [-0.3, -0.25) is 0 Å². The van der Waals surface area contributed by atoms with Gasteiger partial charge in [0.2, 0.25) is 0 Å². The molecule has 0 saturated heterocycles. The van der Waals surface area contributed by atoms with Crippen LogP contribution in [0.3, 0.4) is 0 Å². The van der Waals surface area contributed by atoms with Crippen LogP contribution in [0.1, 0.15) is 52.9 Å². The molecule has 4 heteroatoms. The molecule has 0 saturated carbocycles. The molecule has 0 aromatic heterocycles. The summed E-state index contributed by atoms with van der Waals surface area (Å²) in [7, 11) is -2.59. The van der Waals surface area contributed by atoms with Gasteiger partial charge in [0.15, 0.2) is 0 Å². The molecular weight excluding hydrogens is 223 g/mol. The van der Waals surface area contributed by atoms with Crippen LogP contribution >= 0.6 is 0 Å². The van der Waals surface area contributed by atoms with Crippen molar-refractivity contribution in [3.8, 4) is 0 Å². The second-order valence-electron chi connectivity index (χ2n) is 4.30. The monoisotopic (exact) mass is 250 g/mol. The van der Waals surface area contributed by atoms with Crippen LogP contribution in [0.25, 0.3) is 0 Å². The standard InChI is InChI=1S/C12H27FO2Si/c1-5-8-10-14-16(4,12(13)7-3)15-11-9-6-2/h12H,5-11H2,1-4H3. The predicted octanol–water partition coefficient (Wildman–Crippen LogP) is 3.98. The van der Waals surface area contributed by atoms with E-state index in [-0.39, 0.29) is 0 Å². The normalized spacial score (nSPS) is 14.1. The fourth-order valence-electron chi connectivity index (χ4n) is 1.43. The molecule has 0 aromatic carbocycles. The Balaban J connectivity index is 4.13. The van der Waals surface area contributed by atoms with Crippen molar-refractivity contribution in [3.05, 3.63) is 0 Å². The van der Waals surface area contributed by atoms with Crippen LogP contribution in [0.15, 0.2) is 0 Å². The molecule has 98 valence electrons. The third-order valence-electron chi connectivity index (χ3n) is 2.70. The Morgan fingerprint density at radius 3 is 1.75 bits per heavy atom. The fourth-order valence-corrected chi connectivity index (χ4v) is 3.72. The molecule has 16 heavy (non-hydrogen) atoms. The lowest BCUT2D eigenvalue weighted by atomic mass is 10.4. The van der Waals surface area contributed by atoms with Crippen molar-refractivity contribution in [2.24, 2.45) is 0 Å². The molecular formula is C12H27FO2Si. The maximum Gasteiger partial charge on any atom is 0.370 e. The summed E-state index contributed by atoms with van der Waals surface area (Å²) < 4.78 is 25.3. The van der Waals surface area contributed by atoms with Gasteiger partial charge >= 0.3 is 8.56 Å². The summed E-state index contributed by atoms with van der Waals surface area (Å²) >= 11 is 0. The maximum absolute atomic E-state index is 13.8.